The average molecular weight is 320 g/mol. The lowest BCUT2D eigenvalue weighted by atomic mass is 10.2. The van der Waals surface area contributed by atoms with E-state index in [1.165, 1.54) is 0 Å². The molecule has 2 aromatic carbocycles. The second-order valence-corrected chi connectivity index (χ2v) is 5.52. The van der Waals surface area contributed by atoms with Gasteiger partial charge in [0.2, 0.25) is 0 Å². The van der Waals surface area contributed by atoms with Crippen LogP contribution in [-0.2, 0) is 13.1 Å². The lowest BCUT2D eigenvalue weighted by Crippen LogP contribution is -2.03. The van der Waals surface area contributed by atoms with Gasteiger partial charge >= 0.3 is 0 Å². The molecular formula is C16H15Cl2N3. The SMILES string of the molecule is CCn1nc(CNc2cccc(Cl)c2Cl)c2ccccc21. The normalized spacial score (nSPS) is 11.0. The molecule has 3 rings (SSSR count). The summed E-state index contributed by atoms with van der Waals surface area (Å²) in [4.78, 5) is 0. The van der Waals surface area contributed by atoms with E-state index in [2.05, 4.69) is 29.5 Å². The fourth-order valence-corrected chi connectivity index (χ4v) is 2.75. The van der Waals surface area contributed by atoms with Crippen molar-refractivity contribution in [2.45, 2.75) is 20.0 Å². The first-order chi connectivity index (χ1) is 10.2. The van der Waals surface area contributed by atoms with Crippen LogP contribution in [0.15, 0.2) is 42.5 Å². The van der Waals surface area contributed by atoms with E-state index in [1.54, 1.807) is 6.07 Å². The van der Waals surface area contributed by atoms with E-state index in [0.717, 1.165) is 28.8 Å². The van der Waals surface area contributed by atoms with Crippen LogP contribution in [0.1, 0.15) is 12.6 Å². The highest BCUT2D eigenvalue weighted by Gasteiger charge is 2.10. The fourth-order valence-electron chi connectivity index (χ4n) is 2.39. The Hall–Kier alpha value is -1.71. The molecule has 1 heterocycles. The highest BCUT2D eigenvalue weighted by atomic mass is 35.5. The van der Waals surface area contributed by atoms with Crippen LogP contribution < -0.4 is 5.32 Å². The van der Waals surface area contributed by atoms with Crippen LogP contribution in [0.3, 0.4) is 0 Å². The zero-order valence-corrected chi connectivity index (χ0v) is 13.1. The van der Waals surface area contributed by atoms with Crippen LogP contribution in [0.4, 0.5) is 5.69 Å². The molecule has 0 fully saturated rings. The molecule has 0 atom stereocenters. The Morgan fingerprint density at radius 2 is 1.90 bits per heavy atom. The number of anilines is 1. The van der Waals surface area contributed by atoms with Crippen molar-refractivity contribution in [3.63, 3.8) is 0 Å². The number of halogens is 2. The number of para-hydroxylation sites is 1. The Bertz CT molecular complexity index is 780. The first-order valence-corrected chi connectivity index (χ1v) is 7.58. The van der Waals surface area contributed by atoms with E-state index in [1.807, 2.05) is 28.9 Å². The summed E-state index contributed by atoms with van der Waals surface area (Å²) in [6.07, 6.45) is 0. The minimum Gasteiger partial charge on any atom is -0.378 e. The maximum atomic E-state index is 6.19. The van der Waals surface area contributed by atoms with E-state index < -0.39 is 0 Å². The van der Waals surface area contributed by atoms with Gasteiger partial charge in [0.25, 0.3) is 0 Å². The van der Waals surface area contributed by atoms with Gasteiger partial charge in [0.05, 0.1) is 33.5 Å². The van der Waals surface area contributed by atoms with Crippen molar-refractivity contribution in [3.05, 3.63) is 58.2 Å². The van der Waals surface area contributed by atoms with Gasteiger partial charge in [-0.3, -0.25) is 4.68 Å². The number of nitrogens with zero attached hydrogens (tertiary/aromatic N) is 2. The molecule has 1 aromatic heterocycles. The van der Waals surface area contributed by atoms with Gasteiger partial charge in [-0.15, -0.1) is 0 Å². The van der Waals surface area contributed by atoms with Gasteiger partial charge in [0, 0.05) is 11.9 Å². The lowest BCUT2D eigenvalue weighted by Gasteiger charge is -2.08. The molecule has 0 saturated carbocycles. The molecule has 0 radical (unpaired) electrons. The zero-order chi connectivity index (χ0) is 14.8. The smallest absolute Gasteiger partial charge is 0.0894 e. The molecule has 108 valence electrons. The van der Waals surface area contributed by atoms with Gasteiger partial charge < -0.3 is 5.32 Å². The van der Waals surface area contributed by atoms with Gasteiger partial charge in [-0.2, -0.15) is 5.10 Å². The molecule has 0 bridgehead atoms. The molecule has 0 aliphatic heterocycles. The number of fused-ring (bicyclic) bond motifs is 1. The minimum absolute atomic E-state index is 0.540. The van der Waals surface area contributed by atoms with E-state index >= 15 is 0 Å². The van der Waals surface area contributed by atoms with Crippen LogP contribution in [0, 0.1) is 0 Å². The summed E-state index contributed by atoms with van der Waals surface area (Å²) in [5.74, 6) is 0. The van der Waals surface area contributed by atoms with Crippen LogP contribution in [0.25, 0.3) is 10.9 Å². The Morgan fingerprint density at radius 1 is 1.10 bits per heavy atom. The predicted octanol–water partition coefficient (Wildman–Crippen LogP) is 4.98. The summed E-state index contributed by atoms with van der Waals surface area (Å²) in [6, 6.07) is 13.8. The maximum absolute atomic E-state index is 6.19. The second-order valence-electron chi connectivity index (χ2n) is 4.73. The number of aryl methyl sites for hydroxylation is 1. The van der Waals surface area contributed by atoms with E-state index in [-0.39, 0.29) is 0 Å². The fraction of sp³-hybridized carbons (Fsp3) is 0.188. The predicted molar refractivity (Wildman–Crippen MR) is 89.2 cm³/mol. The van der Waals surface area contributed by atoms with E-state index in [4.69, 9.17) is 23.2 Å². The summed E-state index contributed by atoms with van der Waals surface area (Å²) in [5.41, 5.74) is 2.97. The lowest BCUT2D eigenvalue weighted by molar-refractivity contribution is 0.671. The third-order valence-corrected chi connectivity index (χ3v) is 4.25. The molecule has 0 amide bonds. The van der Waals surface area contributed by atoms with Crippen LogP contribution in [0.5, 0.6) is 0 Å². The highest BCUT2D eigenvalue weighted by molar-refractivity contribution is 6.43. The number of rotatable bonds is 4. The number of aromatic nitrogens is 2. The van der Waals surface area contributed by atoms with Crippen molar-refractivity contribution in [2.75, 3.05) is 5.32 Å². The summed E-state index contributed by atoms with van der Waals surface area (Å²) in [6.45, 7) is 3.54. The summed E-state index contributed by atoms with van der Waals surface area (Å²) in [7, 11) is 0. The van der Waals surface area contributed by atoms with Crippen LogP contribution in [-0.4, -0.2) is 9.78 Å². The topological polar surface area (TPSA) is 29.9 Å². The minimum atomic E-state index is 0.540. The van der Waals surface area contributed by atoms with Gasteiger partial charge in [-0.25, -0.2) is 0 Å². The Kier molecular flexibility index (Phi) is 4.04. The van der Waals surface area contributed by atoms with Gasteiger partial charge in [-0.1, -0.05) is 47.5 Å². The number of hydrogen-bond acceptors (Lipinski definition) is 2. The summed E-state index contributed by atoms with van der Waals surface area (Å²) >= 11 is 12.2. The molecule has 0 spiro atoms. The van der Waals surface area contributed by atoms with Crippen molar-refractivity contribution >= 4 is 39.8 Å². The molecule has 3 aromatic rings. The third-order valence-electron chi connectivity index (χ3n) is 3.43. The van der Waals surface area contributed by atoms with Crippen molar-refractivity contribution < 1.29 is 0 Å². The maximum Gasteiger partial charge on any atom is 0.0894 e. The molecule has 0 unspecified atom stereocenters. The molecule has 1 N–H and O–H groups in total. The van der Waals surface area contributed by atoms with Crippen molar-refractivity contribution in [2.24, 2.45) is 0 Å². The highest BCUT2D eigenvalue weighted by Crippen LogP contribution is 2.30. The molecule has 0 saturated heterocycles. The standard InChI is InChI=1S/C16H15Cl2N3/c1-2-21-15-9-4-3-6-11(15)14(20-21)10-19-13-8-5-7-12(17)16(13)18/h3-9,19H,2,10H2,1H3. The van der Waals surface area contributed by atoms with Gasteiger partial charge in [0.15, 0.2) is 0 Å². The van der Waals surface area contributed by atoms with Gasteiger partial charge in [-0.05, 0) is 25.1 Å². The average Bonchev–Trinajstić information content (AvgIpc) is 2.87. The number of benzene rings is 2. The third kappa shape index (κ3) is 2.71. The monoisotopic (exact) mass is 319 g/mol. The first kappa shape index (κ1) is 14.2. The largest absolute Gasteiger partial charge is 0.378 e. The number of nitrogens with one attached hydrogen (secondary N) is 1. The van der Waals surface area contributed by atoms with E-state index in [0.29, 0.717) is 16.6 Å². The number of hydrogen-bond donors (Lipinski definition) is 1. The van der Waals surface area contributed by atoms with Crippen molar-refractivity contribution in [3.8, 4) is 0 Å². The van der Waals surface area contributed by atoms with Crippen LogP contribution >= 0.6 is 23.2 Å². The molecule has 5 heteroatoms. The summed E-state index contributed by atoms with van der Waals surface area (Å²) in [5, 5.41) is 10.2. The van der Waals surface area contributed by atoms with Crippen molar-refractivity contribution in [1.82, 2.24) is 9.78 Å². The van der Waals surface area contributed by atoms with Crippen molar-refractivity contribution in [1.29, 1.82) is 0 Å². The molecule has 0 aliphatic carbocycles. The molecular weight excluding hydrogens is 305 g/mol. The Balaban J connectivity index is 1.90. The molecule has 0 aliphatic rings. The van der Waals surface area contributed by atoms with Crippen LogP contribution in [0.2, 0.25) is 10.0 Å². The summed E-state index contributed by atoms with van der Waals surface area (Å²) < 4.78 is 2.01. The van der Waals surface area contributed by atoms with E-state index in [9.17, 15) is 0 Å². The Morgan fingerprint density at radius 3 is 2.71 bits per heavy atom. The quantitative estimate of drug-likeness (QED) is 0.735. The zero-order valence-electron chi connectivity index (χ0n) is 11.6. The Labute approximate surface area is 133 Å². The second kappa shape index (κ2) is 5.96. The first-order valence-electron chi connectivity index (χ1n) is 6.83. The van der Waals surface area contributed by atoms with Gasteiger partial charge in [0.1, 0.15) is 0 Å². The molecule has 3 nitrogen and oxygen atoms in total. The molecule has 21 heavy (non-hydrogen) atoms.